The van der Waals surface area contributed by atoms with Gasteiger partial charge in [0.2, 0.25) is 0 Å². The number of ether oxygens (including phenoxy) is 3. The SMILES string of the molecule is C1CCCC(C2CCCCCC2)CC1.O=C(O)C1OCc2cc(OC(F)(F)F)ccc2O1. The van der Waals surface area contributed by atoms with Crippen LogP contribution in [-0.2, 0) is 16.1 Å². The van der Waals surface area contributed by atoms with Gasteiger partial charge in [0.05, 0.1) is 6.61 Å². The van der Waals surface area contributed by atoms with Crippen molar-refractivity contribution in [1.29, 1.82) is 0 Å². The van der Waals surface area contributed by atoms with Crippen molar-refractivity contribution in [3.63, 3.8) is 0 Å². The fourth-order valence-corrected chi connectivity index (χ4v) is 4.98. The van der Waals surface area contributed by atoms with Crippen LogP contribution < -0.4 is 9.47 Å². The van der Waals surface area contributed by atoms with Gasteiger partial charge < -0.3 is 19.3 Å². The third-order valence-corrected chi connectivity index (χ3v) is 6.56. The Hall–Kier alpha value is -1.96. The number of alkyl halides is 3. The van der Waals surface area contributed by atoms with Gasteiger partial charge in [0.25, 0.3) is 6.29 Å². The maximum Gasteiger partial charge on any atom is 0.573 e. The zero-order valence-corrected chi connectivity index (χ0v) is 18.4. The Morgan fingerprint density at radius 2 is 1.44 bits per heavy atom. The van der Waals surface area contributed by atoms with E-state index in [-0.39, 0.29) is 17.9 Å². The summed E-state index contributed by atoms with van der Waals surface area (Å²) in [7, 11) is 0. The topological polar surface area (TPSA) is 65.0 Å². The molecule has 1 unspecified atom stereocenters. The molecule has 2 saturated carbocycles. The Balaban J connectivity index is 0.000000186. The van der Waals surface area contributed by atoms with Gasteiger partial charge in [-0.3, -0.25) is 0 Å². The van der Waals surface area contributed by atoms with E-state index < -0.39 is 24.4 Å². The van der Waals surface area contributed by atoms with Gasteiger partial charge in [0.15, 0.2) is 0 Å². The number of halogens is 3. The van der Waals surface area contributed by atoms with Crippen LogP contribution in [0, 0.1) is 11.8 Å². The molecule has 3 aliphatic rings. The van der Waals surface area contributed by atoms with E-state index >= 15 is 0 Å². The predicted molar refractivity (Wildman–Crippen MR) is 112 cm³/mol. The largest absolute Gasteiger partial charge is 0.573 e. The monoisotopic (exact) mass is 458 g/mol. The highest BCUT2D eigenvalue weighted by Crippen LogP contribution is 2.36. The molecule has 32 heavy (non-hydrogen) atoms. The Morgan fingerprint density at radius 3 is 1.91 bits per heavy atom. The first-order valence-corrected chi connectivity index (χ1v) is 11.7. The quantitative estimate of drug-likeness (QED) is 0.503. The van der Waals surface area contributed by atoms with E-state index in [0.717, 1.165) is 24.0 Å². The van der Waals surface area contributed by atoms with E-state index in [1.54, 1.807) is 25.7 Å². The molecule has 0 amide bonds. The number of carboxylic acid groups (broad SMARTS) is 1. The van der Waals surface area contributed by atoms with E-state index in [2.05, 4.69) is 4.74 Å². The number of benzene rings is 1. The number of carbonyl (C=O) groups is 1. The molecule has 1 aromatic carbocycles. The lowest BCUT2D eigenvalue weighted by Crippen LogP contribution is -2.33. The maximum atomic E-state index is 12.0. The van der Waals surface area contributed by atoms with E-state index in [9.17, 15) is 18.0 Å². The molecule has 2 aliphatic carbocycles. The number of hydrogen-bond acceptors (Lipinski definition) is 4. The van der Waals surface area contributed by atoms with Crippen LogP contribution in [0.5, 0.6) is 11.5 Å². The van der Waals surface area contributed by atoms with Crippen molar-refractivity contribution in [1.82, 2.24) is 0 Å². The molecule has 1 heterocycles. The van der Waals surface area contributed by atoms with Gasteiger partial charge >= 0.3 is 12.3 Å². The van der Waals surface area contributed by atoms with Gasteiger partial charge in [-0.15, -0.1) is 13.2 Å². The van der Waals surface area contributed by atoms with Gasteiger partial charge in [0, 0.05) is 5.56 Å². The molecule has 1 N–H and O–H groups in total. The first-order valence-electron chi connectivity index (χ1n) is 11.7. The highest BCUT2D eigenvalue weighted by atomic mass is 19.4. The molecular weight excluding hydrogens is 425 g/mol. The van der Waals surface area contributed by atoms with Gasteiger partial charge in [-0.1, -0.05) is 77.0 Å². The normalized spacial score (nSPS) is 22.9. The Kier molecular flexibility index (Phi) is 9.08. The number of fused-ring (bicyclic) bond motifs is 1. The van der Waals surface area contributed by atoms with E-state index in [0.29, 0.717) is 0 Å². The number of hydrogen-bond donors (Lipinski definition) is 1. The standard InChI is InChI=1S/C14H26.C10H7F3O5/c1-2-6-10-13(9-5-1)14-11-7-3-4-8-12-14;11-10(12,13)18-6-1-2-7-5(3-6)4-16-9(17-7)8(14)15/h13-14H,1-12H2;1-3,9H,4H2,(H,14,15). The second-order valence-electron chi connectivity index (χ2n) is 8.92. The lowest BCUT2D eigenvalue weighted by molar-refractivity contribution is -0.274. The van der Waals surface area contributed by atoms with Gasteiger partial charge in [-0.25, -0.2) is 4.79 Å². The van der Waals surface area contributed by atoms with Crippen LogP contribution in [0.1, 0.15) is 82.6 Å². The van der Waals surface area contributed by atoms with Crippen molar-refractivity contribution in [2.45, 2.75) is 96.3 Å². The van der Waals surface area contributed by atoms with E-state index in [4.69, 9.17) is 14.6 Å². The molecule has 1 aliphatic heterocycles. The van der Waals surface area contributed by atoms with Crippen LogP contribution in [0.25, 0.3) is 0 Å². The molecule has 0 spiro atoms. The lowest BCUT2D eigenvalue weighted by Gasteiger charge is -2.24. The summed E-state index contributed by atoms with van der Waals surface area (Å²) in [6, 6.07) is 3.33. The summed E-state index contributed by atoms with van der Waals surface area (Å²) in [6.07, 6.45) is 12.2. The summed E-state index contributed by atoms with van der Waals surface area (Å²) in [5.74, 6) is 0.674. The molecule has 4 rings (SSSR count). The first kappa shape index (κ1) is 24.7. The van der Waals surface area contributed by atoms with Crippen molar-refractivity contribution >= 4 is 5.97 Å². The number of aliphatic carboxylic acids is 1. The van der Waals surface area contributed by atoms with Crippen LogP contribution in [0.2, 0.25) is 0 Å². The predicted octanol–water partition coefficient (Wildman–Crippen LogP) is 6.83. The van der Waals surface area contributed by atoms with Crippen LogP contribution in [0.4, 0.5) is 13.2 Å². The molecule has 0 saturated heterocycles. The molecule has 1 atom stereocenters. The minimum Gasteiger partial charge on any atom is -0.477 e. The highest BCUT2D eigenvalue weighted by molar-refractivity contribution is 5.71. The van der Waals surface area contributed by atoms with Crippen LogP contribution in [0.15, 0.2) is 18.2 Å². The van der Waals surface area contributed by atoms with Crippen molar-refractivity contribution in [2.75, 3.05) is 0 Å². The van der Waals surface area contributed by atoms with Gasteiger partial charge in [-0.2, -0.15) is 0 Å². The summed E-state index contributed by atoms with van der Waals surface area (Å²) in [6.45, 7) is -0.165. The second kappa shape index (κ2) is 11.8. The minimum absolute atomic E-state index is 0.156. The third kappa shape index (κ3) is 7.87. The smallest absolute Gasteiger partial charge is 0.477 e. The highest BCUT2D eigenvalue weighted by Gasteiger charge is 2.32. The molecule has 0 bridgehead atoms. The van der Waals surface area contributed by atoms with Crippen molar-refractivity contribution < 1.29 is 37.3 Å². The molecule has 2 fully saturated rings. The Bertz CT molecular complexity index is 703. The fraction of sp³-hybridized carbons (Fsp3) is 0.708. The summed E-state index contributed by atoms with van der Waals surface area (Å²) in [5.41, 5.74) is 0.286. The first-order chi connectivity index (χ1) is 15.3. The van der Waals surface area contributed by atoms with Gasteiger partial charge in [-0.05, 0) is 30.0 Å². The van der Waals surface area contributed by atoms with Gasteiger partial charge in [0.1, 0.15) is 11.5 Å². The Morgan fingerprint density at radius 1 is 0.906 bits per heavy atom. The third-order valence-electron chi connectivity index (χ3n) is 6.56. The summed E-state index contributed by atoms with van der Waals surface area (Å²) < 4.78 is 49.4. The molecule has 8 heteroatoms. The summed E-state index contributed by atoms with van der Waals surface area (Å²) >= 11 is 0. The average Bonchev–Trinajstić information content (AvgIpc) is 3.18. The summed E-state index contributed by atoms with van der Waals surface area (Å²) in [4.78, 5) is 10.6. The lowest BCUT2D eigenvalue weighted by atomic mass is 9.81. The van der Waals surface area contributed by atoms with Crippen LogP contribution in [-0.4, -0.2) is 23.7 Å². The molecular formula is C24H33F3O5. The van der Waals surface area contributed by atoms with E-state index in [1.807, 2.05) is 0 Å². The van der Waals surface area contributed by atoms with E-state index in [1.165, 1.54) is 57.4 Å². The molecule has 0 aromatic heterocycles. The zero-order valence-electron chi connectivity index (χ0n) is 18.4. The number of carboxylic acids is 1. The number of rotatable bonds is 3. The van der Waals surface area contributed by atoms with Crippen LogP contribution in [0.3, 0.4) is 0 Å². The molecule has 1 aromatic rings. The Labute approximate surface area is 187 Å². The second-order valence-corrected chi connectivity index (χ2v) is 8.92. The summed E-state index contributed by atoms with van der Waals surface area (Å²) in [5, 5.41) is 8.65. The zero-order chi connectivity index (χ0) is 23.0. The molecule has 180 valence electrons. The van der Waals surface area contributed by atoms with Crippen molar-refractivity contribution in [2.24, 2.45) is 11.8 Å². The van der Waals surface area contributed by atoms with Crippen molar-refractivity contribution in [3.05, 3.63) is 23.8 Å². The molecule has 0 radical (unpaired) electrons. The average molecular weight is 459 g/mol. The van der Waals surface area contributed by atoms with Crippen molar-refractivity contribution in [3.8, 4) is 11.5 Å². The minimum atomic E-state index is -4.78. The maximum absolute atomic E-state index is 12.0. The molecule has 5 nitrogen and oxygen atoms in total. The fourth-order valence-electron chi connectivity index (χ4n) is 4.98. The van der Waals surface area contributed by atoms with Crippen LogP contribution >= 0.6 is 0 Å².